The Labute approximate surface area is 131 Å². The molecule has 1 atom stereocenters. The minimum atomic E-state index is -0.460. The third kappa shape index (κ3) is 2.65. The van der Waals surface area contributed by atoms with E-state index in [0.717, 1.165) is 50.6 Å². The quantitative estimate of drug-likeness (QED) is 0.929. The smallest absolute Gasteiger partial charge is 0.233 e. The van der Waals surface area contributed by atoms with E-state index in [9.17, 15) is 14.3 Å². The van der Waals surface area contributed by atoms with Gasteiger partial charge >= 0.3 is 0 Å². The van der Waals surface area contributed by atoms with Gasteiger partial charge in [0.15, 0.2) is 0 Å². The fraction of sp³-hybridized carbons (Fsp3) is 0.611. The van der Waals surface area contributed by atoms with Gasteiger partial charge < -0.3 is 10.0 Å². The lowest BCUT2D eigenvalue weighted by Crippen LogP contribution is -2.55. The van der Waals surface area contributed by atoms with Crippen molar-refractivity contribution in [2.75, 3.05) is 13.2 Å². The number of carbonyl (C=O) groups excluding carboxylic acids is 1. The highest BCUT2D eigenvalue weighted by atomic mass is 19.1. The highest BCUT2D eigenvalue weighted by molar-refractivity contribution is 5.89. The van der Waals surface area contributed by atoms with Gasteiger partial charge in [-0.1, -0.05) is 18.6 Å². The largest absolute Gasteiger partial charge is 0.396 e. The van der Waals surface area contributed by atoms with Gasteiger partial charge in [0.2, 0.25) is 5.91 Å². The summed E-state index contributed by atoms with van der Waals surface area (Å²) in [6, 6.07) is 6.58. The molecule has 22 heavy (non-hydrogen) atoms. The predicted molar refractivity (Wildman–Crippen MR) is 83.0 cm³/mol. The SMILES string of the molecule is O=C(N1CCCCC1CCO)C1(c2ccc(F)cc2)CCC1. The number of piperidine rings is 1. The summed E-state index contributed by atoms with van der Waals surface area (Å²) >= 11 is 0. The number of hydrogen-bond donors (Lipinski definition) is 1. The lowest BCUT2D eigenvalue weighted by molar-refractivity contribution is -0.145. The van der Waals surface area contributed by atoms with Crippen LogP contribution in [0.15, 0.2) is 24.3 Å². The Balaban J connectivity index is 1.85. The third-order valence-corrected chi connectivity index (χ3v) is 5.36. The Morgan fingerprint density at radius 3 is 2.55 bits per heavy atom. The monoisotopic (exact) mass is 305 g/mol. The van der Waals surface area contributed by atoms with E-state index in [0.29, 0.717) is 6.42 Å². The van der Waals surface area contributed by atoms with Gasteiger partial charge in [0.25, 0.3) is 0 Å². The summed E-state index contributed by atoms with van der Waals surface area (Å²) in [6.45, 7) is 0.907. The number of halogens is 1. The molecular weight excluding hydrogens is 281 g/mol. The first-order valence-electron chi connectivity index (χ1n) is 8.35. The number of amides is 1. The molecule has 1 aromatic rings. The molecule has 120 valence electrons. The Hall–Kier alpha value is -1.42. The van der Waals surface area contributed by atoms with Gasteiger partial charge in [0.1, 0.15) is 5.82 Å². The third-order valence-electron chi connectivity index (χ3n) is 5.36. The summed E-state index contributed by atoms with van der Waals surface area (Å²) in [7, 11) is 0. The minimum Gasteiger partial charge on any atom is -0.396 e. The van der Waals surface area contributed by atoms with E-state index in [4.69, 9.17) is 0 Å². The molecule has 0 bridgehead atoms. The average molecular weight is 305 g/mol. The van der Waals surface area contributed by atoms with E-state index >= 15 is 0 Å². The Kier molecular flexibility index (Phi) is 4.48. The second kappa shape index (κ2) is 6.37. The van der Waals surface area contributed by atoms with Crippen LogP contribution in [-0.4, -0.2) is 35.1 Å². The lowest BCUT2D eigenvalue weighted by Gasteiger charge is -2.47. The molecule has 2 aliphatic rings. The van der Waals surface area contributed by atoms with Crippen molar-refractivity contribution in [1.29, 1.82) is 0 Å². The molecule has 1 N–H and O–H groups in total. The Morgan fingerprint density at radius 2 is 1.95 bits per heavy atom. The molecule has 1 saturated carbocycles. The van der Waals surface area contributed by atoms with Crippen LogP contribution in [0.2, 0.25) is 0 Å². The summed E-state index contributed by atoms with van der Waals surface area (Å²) in [6.07, 6.45) is 6.53. The molecule has 1 aromatic carbocycles. The predicted octanol–water partition coefficient (Wildman–Crippen LogP) is 3.01. The Morgan fingerprint density at radius 1 is 1.23 bits per heavy atom. The molecule has 1 heterocycles. The lowest BCUT2D eigenvalue weighted by atomic mass is 9.63. The summed E-state index contributed by atoms with van der Waals surface area (Å²) in [4.78, 5) is 15.2. The minimum absolute atomic E-state index is 0.123. The second-order valence-corrected chi connectivity index (χ2v) is 6.60. The van der Waals surface area contributed by atoms with Crippen molar-refractivity contribution in [1.82, 2.24) is 4.90 Å². The van der Waals surface area contributed by atoms with E-state index in [1.165, 1.54) is 12.1 Å². The molecule has 1 aliphatic carbocycles. The number of hydrogen-bond acceptors (Lipinski definition) is 2. The van der Waals surface area contributed by atoms with Crippen LogP contribution in [0.4, 0.5) is 4.39 Å². The fourth-order valence-electron chi connectivity index (χ4n) is 3.92. The number of rotatable bonds is 4. The number of carbonyl (C=O) groups is 1. The van der Waals surface area contributed by atoms with Crippen LogP contribution in [0.3, 0.4) is 0 Å². The van der Waals surface area contributed by atoms with E-state index < -0.39 is 5.41 Å². The van der Waals surface area contributed by atoms with Crippen molar-refractivity contribution in [3.8, 4) is 0 Å². The standard InChI is InChI=1S/C18H24FNO2/c19-15-7-5-14(6-8-15)18(10-3-11-18)17(22)20-12-2-1-4-16(20)9-13-21/h5-8,16,21H,1-4,9-13H2. The molecule has 0 aromatic heterocycles. The molecule has 1 amide bonds. The average Bonchev–Trinajstić information content (AvgIpc) is 2.49. The van der Waals surface area contributed by atoms with Gasteiger partial charge in [-0.3, -0.25) is 4.79 Å². The fourth-order valence-corrected chi connectivity index (χ4v) is 3.92. The first kappa shape index (κ1) is 15.5. The summed E-state index contributed by atoms with van der Waals surface area (Å²) in [5.41, 5.74) is 0.483. The number of likely N-dealkylation sites (tertiary alicyclic amines) is 1. The van der Waals surface area contributed by atoms with Crippen LogP contribution >= 0.6 is 0 Å². The summed E-state index contributed by atoms with van der Waals surface area (Å²) < 4.78 is 13.2. The van der Waals surface area contributed by atoms with E-state index in [1.807, 2.05) is 4.90 Å². The van der Waals surface area contributed by atoms with Crippen molar-refractivity contribution in [3.63, 3.8) is 0 Å². The van der Waals surface area contributed by atoms with Crippen molar-refractivity contribution >= 4 is 5.91 Å². The zero-order chi connectivity index (χ0) is 15.6. The van der Waals surface area contributed by atoms with E-state index in [2.05, 4.69) is 0 Å². The van der Waals surface area contributed by atoms with Crippen LogP contribution in [0.5, 0.6) is 0 Å². The molecule has 0 spiro atoms. The van der Waals surface area contributed by atoms with Gasteiger partial charge in [-0.15, -0.1) is 0 Å². The van der Waals surface area contributed by atoms with Gasteiger partial charge in [-0.05, 0) is 56.2 Å². The number of aliphatic hydroxyl groups excluding tert-OH is 1. The number of benzene rings is 1. The van der Waals surface area contributed by atoms with Crippen molar-refractivity contribution in [2.24, 2.45) is 0 Å². The van der Waals surface area contributed by atoms with Crippen LogP contribution < -0.4 is 0 Å². The van der Waals surface area contributed by atoms with Crippen molar-refractivity contribution in [2.45, 2.75) is 56.4 Å². The van der Waals surface area contributed by atoms with Gasteiger partial charge in [-0.2, -0.15) is 0 Å². The molecule has 1 unspecified atom stereocenters. The zero-order valence-corrected chi connectivity index (χ0v) is 12.9. The molecule has 1 saturated heterocycles. The van der Waals surface area contributed by atoms with Gasteiger partial charge in [-0.25, -0.2) is 4.39 Å². The zero-order valence-electron chi connectivity index (χ0n) is 12.9. The molecular formula is C18H24FNO2. The maximum Gasteiger partial charge on any atom is 0.233 e. The maximum absolute atomic E-state index is 13.2. The molecule has 4 heteroatoms. The van der Waals surface area contributed by atoms with E-state index in [1.54, 1.807) is 12.1 Å². The number of nitrogens with zero attached hydrogens (tertiary/aromatic N) is 1. The van der Waals surface area contributed by atoms with Gasteiger partial charge in [0.05, 0.1) is 5.41 Å². The maximum atomic E-state index is 13.2. The number of aliphatic hydroxyl groups is 1. The van der Waals surface area contributed by atoms with Crippen LogP contribution in [0, 0.1) is 5.82 Å². The van der Waals surface area contributed by atoms with Gasteiger partial charge in [0, 0.05) is 19.2 Å². The van der Waals surface area contributed by atoms with Crippen molar-refractivity contribution < 1.29 is 14.3 Å². The van der Waals surface area contributed by atoms with Crippen LogP contribution in [-0.2, 0) is 10.2 Å². The van der Waals surface area contributed by atoms with Crippen LogP contribution in [0.1, 0.15) is 50.5 Å². The molecule has 3 nitrogen and oxygen atoms in total. The molecule has 1 aliphatic heterocycles. The molecule has 2 fully saturated rings. The van der Waals surface area contributed by atoms with E-state index in [-0.39, 0.29) is 24.4 Å². The van der Waals surface area contributed by atoms with Crippen molar-refractivity contribution in [3.05, 3.63) is 35.6 Å². The van der Waals surface area contributed by atoms with Crippen LogP contribution in [0.25, 0.3) is 0 Å². The summed E-state index contributed by atoms with van der Waals surface area (Å²) in [5, 5.41) is 9.26. The summed E-state index contributed by atoms with van der Waals surface area (Å²) in [5.74, 6) is -0.0784. The first-order chi connectivity index (χ1) is 10.7. The topological polar surface area (TPSA) is 40.5 Å². The Bertz CT molecular complexity index is 522. The highest BCUT2D eigenvalue weighted by Gasteiger charge is 2.48. The normalized spacial score (nSPS) is 23.9. The first-order valence-corrected chi connectivity index (χ1v) is 8.35. The molecule has 3 rings (SSSR count). The second-order valence-electron chi connectivity index (χ2n) is 6.60. The highest BCUT2D eigenvalue weighted by Crippen LogP contribution is 2.46. The molecule has 0 radical (unpaired) electrons.